The molecule has 3 fully saturated rings. The van der Waals surface area contributed by atoms with Gasteiger partial charge in [0.1, 0.15) is 0 Å². The maximum Gasteiger partial charge on any atom is 0.233 e. The van der Waals surface area contributed by atoms with Gasteiger partial charge in [0.05, 0.1) is 5.41 Å². The predicted molar refractivity (Wildman–Crippen MR) is 78.4 cm³/mol. The SMILES string of the molecule is CC1CC2CNCC2N1C(=O)C1(c2ccccc2)CC1. The zero-order valence-electron chi connectivity index (χ0n) is 12.0. The van der Waals surface area contributed by atoms with Crippen LogP contribution in [0.5, 0.6) is 0 Å². The highest BCUT2D eigenvalue weighted by Crippen LogP contribution is 2.51. The van der Waals surface area contributed by atoms with Gasteiger partial charge >= 0.3 is 0 Å². The molecule has 2 aliphatic heterocycles. The Bertz CT molecular complexity index is 523. The molecule has 0 aromatic heterocycles. The van der Waals surface area contributed by atoms with E-state index in [1.54, 1.807) is 0 Å². The molecule has 2 heterocycles. The molecule has 3 nitrogen and oxygen atoms in total. The summed E-state index contributed by atoms with van der Waals surface area (Å²) in [5.74, 6) is 1.05. The fraction of sp³-hybridized carbons (Fsp3) is 0.588. The van der Waals surface area contributed by atoms with Crippen molar-refractivity contribution in [2.75, 3.05) is 13.1 Å². The maximum atomic E-state index is 13.2. The van der Waals surface area contributed by atoms with Gasteiger partial charge in [-0.25, -0.2) is 0 Å². The molecule has 1 aliphatic carbocycles. The number of likely N-dealkylation sites (tertiary alicyclic amines) is 1. The van der Waals surface area contributed by atoms with Gasteiger partial charge in [-0.3, -0.25) is 4.79 Å². The Labute approximate surface area is 120 Å². The van der Waals surface area contributed by atoms with Crippen LogP contribution >= 0.6 is 0 Å². The van der Waals surface area contributed by atoms with Crippen molar-refractivity contribution in [3.8, 4) is 0 Å². The molecule has 1 aromatic rings. The summed E-state index contributed by atoms with van der Waals surface area (Å²) < 4.78 is 0. The normalized spacial score (nSPS) is 34.0. The molecule has 0 spiro atoms. The van der Waals surface area contributed by atoms with Crippen molar-refractivity contribution in [3.63, 3.8) is 0 Å². The zero-order chi connectivity index (χ0) is 13.7. The first kappa shape index (κ1) is 12.4. The molecule has 1 saturated carbocycles. The Morgan fingerprint density at radius 3 is 2.70 bits per heavy atom. The van der Waals surface area contributed by atoms with Crippen LogP contribution in [0.1, 0.15) is 31.7 Å². The van der Waals surface area contributed by atoms with Gasteiger partial charge in [-0.1, -0.05) is 30.3 Å². The Balaban J connectivity index is 1.64. The third-order valence-electron chi connectivity index (χ3n) is 5.50. The van der Waals surface area contributed by atoms with Crippen molar-refractivity contribution < 1.29 is 4.79 Å². The van der Waals surface area contributed by atoms with Gasteiger partial charge in [0.2, 0.25) is 5.91 Å². The van der Waals surface area contributed by atoms with E-state index in [0.717, 1.165) is 32.4 Å². The van der Waals surface area contributed by atoms with Crippen LogP contribution in [0.3, 0.4) is 0 Å². The summed E-state index contributed by atoms with van der Waals surface area (Å²) in [4.78, 5) is 15.4. The smallest absolute Gasteiger partial charge is 0.233 e. The minimum absolute atomic E-state index is 0.201. The average Bonchev–Trinajstić information content (AvgIpc) is 3.07. The molecule has 0 radical (unpaired) electrons. The van der Waals surface area contributed by atoms with Crippen LogP contribution in [0.25, 0.3) is 0 Å². The number of amides is 1. The maximum absolute atomic E-state index is 13.2. The van der Waals surface area contributed by atoms with Gasteiger partial charge < -0.3 is 10.2 Å². The van der Waals surface area contributed by atoms with Gasteiger partial charge in [-0.15, -0.1) is 0 Å². The van der Waals surface area contributed by atoms with E-state index in [0.29, 0.717) is 23.9 Å². The summed E-state index contributed by atoms with van der Waals surface area (Å²) in [6.45, 7) is 4.28. The van der Waals surface area contributed by atoms with Crippen LogP contribution in [0, 0.1) is 5.92 Å². The van der Waals surface area contributed by atoms with Gasteiger partial charge in [-0.05, 0) is 37.7 Å². The summed E-state index contributed by atoms with van der Waals surface area (Å²) in [7, 11) is 0. The zero-order valence-corrected chi connectivity index (χ0v) is 12.0. The minimum atomic E-state index is -0.201. The van der Waals surface area contributed by atoms with Crippen molar-refractivity contribution in [1.82, 2.24) is 10.2 Å². The molecular formula is C17H22N2O. The number of benzene rings is 1. The topological polar surface area (TPSA) is 32.3 Å². The molecule has 3 heteroatoms. The van der Waals surface area contributed by atoms with Gasteiger partial charge in [-0.2, -0.15) is 0 Å². The van der Waals surface area contributed by atoms with E-state index in [4.69, 9.17) is 0 Å². The minimum Gasteiger partial charge on any atom is -0.335 e. The molecule has 3 aliphatic rings. The van der Waals surface area contributed by atoms with Crippen LogP contribution < -0.4 is 5.32 Å². The molecule has 1 amide bonds. The Hall–Kier alpha value is -1.35. The first-order valence-corrected chi connectivity index (χ1v) is 7.81. The van der Waals surface area contributed by atoms with Crippen LogP contribution in [0.15, 0.2) is 30.3 Å². The number of carbonyl (C=O) groups is 1. The molecule has 2 saturated heterocycles. The van der Waals surface area contributed by atoms with Crippen LogP contribution in [0.4, 0.5) is 0 Å². The summed E-state index contributed by atoms with van der Waals surface area (Å²) >= 11 is 0. The summed E-state index contributed by atoms with van der Waals surface area (Å²) in [5.41, 5.74) is 1.01. The van der Waals surface area contributed by atoms with E-state index >= 15 is 0 Å². The second-order valence-electron chi connectivity index (χ2n) is 6.73. The van der Waals surface area contributed by atoms with Crippen LogP contribution in [-0.2, 0) is 10.2 Å². The number of nitrogens with zero attached hydrogens (tertiary/aromatic N) is 1. The Morgan fingerprint density at radius 2 is 2.00 bits per heavy atom. The Kier molecular flexibility index (Phi) is 2.68. The van der Waals surface area contributed by atoms with Crippen molar-refractivity contribution in [1.29, 1.82) is 0 Å². The van der Waals surface area contributed by atoms with E-state index in [1.165, 1.54) is 5.56 Å². The fourth-order valence-corrected chi connectivity index (χ4v) is 4.27. The lowest BCUT2D eigenvalue weighted by Crippen LogP contribution is -2.47. The number of hydrogen-bond donors (Lipinski definition) is 1. The van der Waals surface area contributed by atoms with Gasteiger partial charge in [0.15, 0.2) is 0 Å². The molecule has 4 rings (SSSR count). The third-order valence-corrected chi connectivity index (χ3v) is 5.50. The molecule has 0 bridgehead atoms. The number of rotatable bonds is 2. The van der Waals surface area contributed by atoms with E-state index < -0.39 is 0 Å². The molecule has 1 aromatic carbocycles. The van der Waals surface area contributed by atoms with Crippen molar-refractivity contribution >= 4 is 5.91 Å². The van der Waals surface area contributed by atoms with Crippen molar-refractivity contribution in [2.24, 2.45) is 5.92 Å². The van der Waals surface area contributed by atoms with E-state index in [2.05, 4.69) is 41.4 Å². The molecule has 106 valence electrons. The number of fused-ring (bicyclic) bond motifs is 1. The van der Waals surface area contributed by atoms with Gasteiger partial charge in [0, 0.05) is 25.2 Å². The fourth-order valence-electron chi connectivity index (χ4n) is 4.27. The van der Waals surface area contributed by atoms with E-state index in [-0.39, 0.29) is 5.41 Å². The monoisotopic (exact) mass is 270 g/mol. The second-order valence-corrected chi connectivity index (χ2v) is 6.73. The highest BCUT2D eigenvalue weighted by molar-refractivity contribution is 5.92. The van der Waals surface area contributed by atoms with E-state index in [1.807, 2.05) is 6.07 Å². The predicted octanol–water partition coefficient (Wildman–Crippen LogP) is 1.93. The second kappa shape index (κ2) is 4.32. The van der Waals surface area contributed by atoms with Crippen LogP contribution in [0.2, 0.25) is 0 Å². The first-order valence-electron chi connectivity index (χ1n) is 7.81. The van der Waals surface area contributed by atoms with Crippen molar-refractivity contribution in [2.45, 2.75) is 43.7 Å². The third kappa shape index (κ3) is 1.65. The highest BCUT2D eigenvalue weighted by atomic mass is 16.2. The molecule has 3 unspecified atom stereocenters. The number of hydrogen-bond acceptors (Lipinski definition) is 2. The number of nitrogens with one attached hydrogen (secondary N) is 1. The largest absolute Gasteiger partial charge is 0.335 e. The molecule has 1 N–H and O–H groups in total. The number of carbonyl (C=O) groups excluding carboxylic acids is 1. The summed E-state index contributed by atoms with van der Waals surface area (Å²) in [5, 5.41) is 3.45. The van der Waals surface area contributed by atoms with Crippen molar-refractivity contribution in [3.05, 3.63) is 35.9 Å². The van der Waals surface area contributed by atoms with Gasteiger partial charge in [0.25, 0.3) is 0 Å². The average molecular weight is 270 g/mol. The summed E-state index contributed by atoms with van der Waals surface area (Å²) in [6, 6.07) is 11.2. The first-order chi connectivity index (χ1) is 9.72. The van der Waals surface area contributed by atoms with E-state index in [9.17, 15) is 4.79 Å². The highest BCUT2D eigenvalue weighted by Gasteiger charge is 2.57. The van der Waals surface area contributed by atoms with Crippen LogP contribution in [-0.4, -0.2) is 36.0 Å². The molecular weight excluding hydrogens is 248 g/mol. The quantitative estimate of drug-likeness (QED) is 0.890. The lowest BCUT2D eigenvalue weighted by Gasteiger charge is -2.32. The Morgan fingerprint density at radius 1 is 1.25 bits per heavy atom. The standard InChI is InChI=1S/C17H22N2O/c1-12-9-13-10-18-11-15(13)19(12)16(20)17(7-8-17)14-5-3-2-4-6-14/h2-6,12-13,15,18H,7-11H2,1H3. The lowest BCUT2D eigenvalue weighted by atomic mass is 9.93. The summed E-state index contributed by atoms with van der Waals surface area (Å²) in [6.07, 6.45) is 3.20. The lowest BCUT2D eigenvalue weighted by molar-refractivity contribution is -0.136. The molecule has 3 atom stereocenters. The molecule has 20 heavy (non-hydrogen) atoms.